The minimum atomic E-state index is -0.126. The molecule has 1 aliphatic rings. The van der Waals surface area contributed by atoms with Crippen LogP contribution in [0.25, 0.3) is 0 Å². The zero-order chi connectivity index (χ0) is 13.8. The topological polar surface area (TPSA) is 68.5 Å². The fourth-order valence-electron chi connectivity index (χ4n) is 2.18. The lowest BCUT2D eigenvalue weighted by Crippen LogP contribution is -2.35. The van der Waals surface area contributed by atoms with Gasteiger partial charge in [-0.25, -0.2) is 4.98 Å². The Hall–Kier alpha value is -1.33. The minimum absolute atomic E-state index is 0.126. The average Bonchev–Trinajstić information content (AvgIpc) is 2.91. The highest BCUT2D eigenvalue weighted by molar-refractivity contribution is 6.32. The lowest BCUT2D eigenvalue weighted by molar-refractivity contribution is 0.0730. The average molecular weight is 284 g/mol. The summed E-state index contributed by atoms with van der Waals surface area (Å²) in [5.41, 5.74) is 6.46. The van der Waals surface area contributed by atoms with E-state index in [9.17, 15) is 4.79 Å². The first-order valence-electron chi connectivity index (χ1n) is 6.39. The van der Waals surface area contributed by atoms with Crippen molar-refractivity contribution in [2.45, 2.75) is 13.3 Å². The van der Waals surface area contributed by atoms with Crippen molar-refractivity contribution < 1.29 is 9.53 Å². The van der Waals surface area contributed by atoms with E-state index in [1.54, 1.807) is 11.0 Å². The van der Waals surface area contributed by atoms with Crippen molar-refractivity contribution in [2.24, 2.45) is 5.92 Å². The zero-order valence-electron chi connectivity index (χ0n) is 10.9. The molecular weight excluding hydrogens is 266 g/mol. The second-order valence-corrected chi connectivity index (χ2v) is 5.04. The number of carbonyl (C=O) groups excluding carboxylic acids is 1. The number of nitrogens with two attached hydrogens (primary N) is 1. The molecule has 1 aromatic heterocycles. The van der Waals surface area contributed by atoms with Crippen molar-refractivity contribution in [3.05, 3.63) is 23.0 Å². The minimum Gasteiger partial charge on any atom is -0.397 e. The van der Waals surface area contributed by atoms with Gasteiger partial charge in [0.2, 0.25) is 0 Å². The van der Waals surface area contributed by atoms with Crippen LogP contribution in [-0.2, 0) is 4.74 Å². The zero-order valence-corrected chi connectivity index (χ0v) is 11.7. The van der Waals surface area contributed by atoms with E-state index in [1.807, 2.05) is 6.92 Å². The summed E-state index contributed by atoms with van der Waals surface area (Å²) in [6.07, 6.45) is 2.44. The fourth-order valence-corrected chi connectivity index (χ4v) is 2.36. The van der Waals surface area contributed by atoms with Crippen LogP contribution in [0.1, 0.15) is 23.7 Å². The molecule has 1 fully saturated rings. The Labute approximate surface area is 117 Å². The van der Waals surface area contributed by atoms with Gasteiger partial charge >= 0.3 is 0 Å². The van der Waals surface area contributed by atoms with Crippen LogP contribution in [-0.4, -0.2) is 42.1 Å². The lowest BCUT2D eigenvalue weighted by Gasteiger charge is -2.24. The third-order valence-electron chi connectivity index (χ3n) is 3.26. The number of pyridine rings is 1. The third-order valence-corrected chi connectivity index (χ3v) is 3.56. The highest BCUT2D eigenvalue weighted by Gasteiger charge is 2.24. The van der Waals surface area contributed by atoms with Crippen molar-refractivity contribution in [2.75, 3.05) is 32.0 Å². The van der Waals surface area contributed by atoms with E-state index in [0.29, 0.717) is 36.9 Å². The van der Waals surface area contributed by atoms with E-state index in [0.717, 1.165) is 13.0 Å². The summed E-state index contributed by atoms with van der Waals surface area (Å²) >= 11 is 5.97. The van der Waals surface area contributed by atoms with Crippen LogP contribution in [0.4, 0.5) is 5.69 Å². The predicted molar refractivity (Wildman–Crippen MR) is 74.2 cm³/mol. The van der Waals surface area contributed by atoms with Crippen molar-refractivity contribution in [1.82, 2.24) is 9.88 Å². The molecule has 0 spiro atoms. The van der Waals surface area contributed by atoms with Gasteiger partial charge in [0.15, 0.2) is 0 Å². The lowest BCUT2D eigenvalue weighted by atomic mass is 10.1. The fraction of sp³-hybridized carbons (Fsp3) is 0.538. The second kappa shape index (κ2) is 6.21. The molecular formula is C13H18ClN3O2. The summed E-state index contributed by atoms with van der Waals surface area (Å²) in [7, 11) is 0. The maximum absolute atomic E-state index is 12.4. The molecule has 0 radical (unpaired) electrons. The summed E-state index contributed by atoms with van der Waals surface area (Å²) in [5, 5.41) is 0.195. The number of rotatable bonds is 4. The van der Waals surface area contributed by atoms with Gasteiger partial charge in [-0.3, -0.25) is 4.79 Å². The molecule has 1 aromatic rings. The Morgan fingerprint density at radius 2 is 2.47 bits per heavy atom. The van der Waals surface area contributed by atoms with Crippen LogP contribution in [0.3, 0.4) is 0 Å². The second-order valence-electron chi connectivity index (χ2n) is 4.68. The molecule has 0 saturated carbocycles. The van der Waals surface area contributed by atoms with Crippen molar-refractivity contribution in [3.8, 4) is 0 Å². The maximum atomic E-state index is 12.4. The van der Waals surface area contributed by atoms with Crippen molar-refractivity contribution in [1.29, 1.82) is 0 Å². The maximum Gasteiger partial charge on any atom is 0.257 e. The van der Waals surface area contributed by atoms with Gasteiger partial charge in [-0.15, -0.1) is 0 Å². The van der Waals surface area contributed by atoms with E-state index in [1.165, 1.54) is 6.20 Å². The van der Waals surface area contributed by atoms with Crippen molar-refractivity contribution in [3.63, 3.8) is 0 Å². The summed E-state index contributed by atoms with van der Waals surface area (Å²) < 4.78 is 5.33. The Bertz CT molecular complexity index is 461. The molecule has 0 aromatic carbocycles. The molecule has 1 aliphatic heterocycles. The molecule has 5 nitrogen and oxygen atoms in total. The standard InChI is InChI=1S/C13H18ClN3O2/c1-2-17(7-9-3-4-19-8-9)13(18)11-5-10(15)6-16-12(11)14/h5-6,9H,2-4,7-8,15H2,1H3. The summed E-state index contributed by atoms with van der Waals surface area (Å²) in [4.78, 5) is 18.1. The van der Waals surface area contributed by atoms with Crippen LogP contribution in [0, 0.1) is 5.92 Å². The first-order chi connectivity index (χ1) is 9.11. The Morgan fingerprint density at radius 1 is 1.68 bits per heavy atom. The molecule has 6 heteroatoms. The predicted octanol–water partition coefficient (Wildman–Crippen LogP) is 1.82. The van der Waals surface area contributed by atoms with Crippen LogP contribution in [0.5, 0.6) is 0 Å². The van der Waals surface area contributed by atoms with Gasteiger partial charge in [0.1, 0.15) is 5.15 Å². The summed E-state index contributed by atoms with van der Waals surface area (Å²) in [5.74, 6) is 0.274. The molecule has 1 unspecified atom stereocenters. The summed E-state index contributed by atoms with van der Waals surface area (Å²) in [6, 6.07) is 1.57. The third kappa shape index (κ3) is 3.36. The van der Waals surface area contributed by atoms with E-state index in [4.69, 9.17) is 22.1 Å². The quantitative estimate of drug-likeness (QED) is 0.856. The number of hydrogen-bond acceptors (Lipinski definition) is 4. The molecule has 1 amide bonds. The largest absolute Gasteiger partial charge is 0.397 e. The molecule has 1 saturated heterocycles. The molecule has 104 valence electrons. The highest BCUT2D eigenvalue weighted by Crippen LogP contribution is 2.20. The van der Waals surface area contributed by atoms with Gasteiger partial charge in [-0.05, 0) is 19.4 Å². The highest BCUT2D eigenvalue weighted by atomic mass is 35.5. The molecule has 0 aliphatic carbocycles. The molecule has 0 bridgehead atoms. The van der Waals surface area contributed by atoms with Gasteiger partial charge in [0.25, 0.3) is 5.91 Å². The number of hydrogen-bond donors (Lipinski definition) is 1. The number of ether oxygens (including phenoxy) is 1. The van der Waals surface area contributed by atoms with E-state index in [-0.39, 0.29) is 11.1 Å². The monoisotopic (exact) mass is 283 g/mol. The van der Waals surface area contributed by atoms with Gasteiger partial charge in [-0.2, -0.15) is 0 Å². The Morgan fingerprint density at radius 3 is 3.11 bits per heavy atom. The number of anilines is 1. The van der Waals surface area contributed by atoms with E-state index < -0.39 is 0 Å². The first-order valence-corrected chi connectivity index (χ1v) is 6.77. The number of nitrogens with zero attached hydrogens (tertiary/aromatic N) is 2. The number of carbonyl (C=O) groups is 1. The van der Waals surface area contributed by atoms with E-state index in [2.05, 4.69) is 4.98 Å². The molecule has 2 heterocycles. The number of amides is 1. The summed E-state index contributed by atoms with van der Waals surface area (Å²) in [6.45, 7) is 4.74. The van der Waals surface area contributed by atoms with Crippen LogP contribution < -0.4 is 5.73 Å². The normalized spacial score (nSPS) is 18.5. The van der Waals surface area contributed by atoms with Gasteiger partial charge < -0.3 is 15.4 Å². The first kappa shape index (κ1) is 14.1. The van der Waals surface area contributed by atoms with Crippen molar-refractivity contribution >= 4 is 23.2 Å². The van der Waals surface area contributed by atoms with Crippen LogP contribution in [0.15, 0.2) is 12.3 Å². The smallest absolute Gasteiger partial charge is 0.257 e. The number of nitrogen functional groups attached to an aromatic ring is 1. The number of aromatic nitrogens is 1. The van der Waals surface area contributed by atoms with Gasteiger partial charge in [0.05, 0.1) is 24.1 Å². The van der Waals surface area contributed by atoms with Crippen LogP contribution >= 0.6 is 11.6 Å². The molecule has 19 heavy (non-hydrogen) atoms. The molecule has 1 atom stereocenters. The van der Waals surface area contributed by atoms with E-state index >= 15 is 0 Å². The Balaban J connectivity index is 2.12. The van der Waals surface area contributed by atoms with Crippen LogP contribution in [0.2, 0.25) is 5.15 Å². The number of halogens is 1. The van der Waals surface area contributed by atoms with Gasteiger partial charge in [-0.1, -0.05) is 11.6 Å². The Kier molecular flexibility index (Phi) is 4.61. The molecule has 2 rings (SSSR count). The van der Waals surface area contributed by atoms with Gasteiger partial charge in [0, 0.05) is 25.6 Å². The molecule has 2 N–H and O–H groups in total. The SMILES string of the molecule is CCN(CC1CCOC1)C(=O)c1cc(N)cnc1Cl.